The third-order valence-corrected chi connectivity index (χ3v) is 11.3. The molecule has 270 valence electrons. The van der Waals surface area contributed by atoms with Crippen LogP contribution in [-0.4, -0.2) is 0 Å². The average Bonchev–Trinajstić information content (AvgIpc) is 3.85. The Balaban J connectivity index is 1.07. The SMILES string of the molecule is C1=CC(c2c3oc4cccc(-c5ccc(N(c6ccc(-c7ccccc7)cc6)c6ccccc6-c6ccccc6)cc5)c4c3cc3oc4ccccc4c23)=CCC1. The number of para-hydroxylation sites is 2. The van der Waals surface area contributed by atoms with Gasteiger partial charge in [-0.3, -0.25) is 0 Å². The fourth-order valence-corrected chi connectivity index (χ4v) is 8.66. The number of nitrogens with zero attached hydrogens (tertiary/aromatic N) is 1. The topological polar surface area (TPSA) is 29.5 Å². The first-order valence-corrected chi connectivity index (χ1v) is 19.7. The predicted molar refractivity (Wildman–Crippen MR) is 238 cm³/mol. The maximum absolute atomic E-state index is 6.88. The van der Waals surface area contributed by atoms with Crippen LogP contribution in [0.5, 0.6) is 0 Å². The number of fused-ring (bicyclic) bond motifs is 6. The third kappa shape index (κ3) is 5.67. The normalized spacial score (nSPS) is 12.8. The van der Waals surface area contributed by atoms with E-state index in [0.29, 0.717) is 0 Å². The maximum Gasteiger partial charge on any atom is 0.144 e. The first kappa shape index (κ1) is 33.0. The molecule has 10 aromatic rings. The summed E-state index contributed by atoms with van der Waals surface area (Å²) in [5.41, 5.74) is 16.0. The molecule has 0 N–H and O–H groups in total. The summed E-state index contributed by atoms with van der Waals surface area (Å²) in [6.07, 6.45) is 8.88. The molecular formula is C54H37NO2. The van der Waals surface area contributed by atoms with E-state index in [4.69, 9.17) is 8.83 Å². The minimum absolute atomic E-state index is 0.863. The summed E-state index contributed by atoms with van der Waals surface area (Å²) in [6, 6.07) is 64.6. The van der Waals surface area contributed by atoms with E-state index in [1.165, 1.54) is 27.8 Å². The quantitative estimate of drug-likeness (QED) is 0.163. The summed E-state index contributed by atoms with van der Waals surface area (Å²) in [7, 11) is 0. The van der Waals surface area contributed by atoms with Crippen LogP contribution < -0.4 is 4.90 Å². The van der Waals surface area contributed by atoms with Crippen LogP contribution in [0.1, 0.15) is 18.4 Å². The van der Waals surface area contributed by atoms with E-state index in [1.54, 1.807) is 0 Å². The van der Waals surface area contributed by atoms with Gasteiger partial charge in [-0.05, 0) is 94.8 Å². The zero-order valence-electron chi connectivity index (χ0n) is 31.2. The minimum Gasteiger partial charge on any atom is -0.456 e. The van der Waals surface area contributed by atoms with Crippen molar-refractivity contribution < 1.29 is 8.83 Å². The molecule has 0 unspecified atom stereocenters. The molecular weight excluding hydrogens is 695 g/mol. The molecule has 3 heteroatoms. The lowest BCUT2D eigenvalue weighted by Crippen LogP contribution is -2.11. The van der Waals surface area contributed by atoms with Crippen molar-refractivity contribution >= 4 is 66.5 Å². The second kappa shape index (κ2) is 13.7. The molecule has 0 saturated carbocycles. The zero-order valence-corrected chi connectivity index (χ0v) is 31.2. The van der Waals surface area contributed by atoms with E-state index in [2.05, 4.69) is 199 Å². The van der Waals surface area contributed by atoms with Gasteiger partial charge in [0.05, 0.1) is 5.69 Å². The van der Waals surface area contributed by atoms with Gasteiger partial charge in [0.25, 0.3) is 0 Å². The lowest BCUT2D eigenvalue weighted by atomic mass is 9.92. The van der Waals surface area contributed by atoms with Crippen LogP contribution in [0.25, 0.3) is 82.8 Å². The number of hydrogen-bond acceptors (Lipinski definition) is 3. The Labute approximate surface area is 331 Å². The van der Waals surface area contributed by atoms with Crippen LogP contribution in [0.4, 0.5) is 17.1 Å². The van der Waals surface area contributed by atoms with Gasteiger partial charge in [0, 0.05) is 44.0 Å². The molecule has 2 heterocycles. The molecule has 1 aliphatic carbocycles. The van der Waals surface area contributed by atoms with Crippen molar-refractivity contribution in [3.8, 4) is 33.4 Å². The second-order valence-corrected chi connectivity index (χ2v) is 14.7. The largest absolute Gasteiger partial charge is 0.456 e. The van der Waals surface area contributed by atoms with Crippen molar-refractivity contribution in [1.29, 1.82) is 0 Å². The van der Waals surface area contributed by atoms with Crippen molar-refractivity contribution in [3.63, 3.8) is 0 Å². The molecule has 57 heavy (non-hydrogen) atoms. The molecule has 11 rings (SSSR count). The summed E-state index contributed by atoms with van der Waals surface area (Å²) in [5.74, 6) is 0. The number of furan rings is 2. The molecule has 0 bridgehead atoms. The first-order valence-electron chi connectivity index (χ1n) is 19.7. The van der Waals surface area contributed by atoms with Gasteiger partial charge in [-0.1, -0.05) is 152 Å². The van der Waals surface area contributed by atoms with Crippen LogP contribution in [0, 0.1) is 0 Å². The molecule has 0 saturated heterocycles. The first-order chi connectivity index (χ1) is 28.3. The zero-order chi connectivity index (χ0) is 37.7. The summed E-state index contributed by atoms with van der Waals surface area (Å²) in [6.45, 7) is 0. The van der Waals surface area contributed by atoms with Crippen molar-refractivity contribution in [1.82, 2.24) is 0 Å². The Hall–Kier alpha value is -7.36. The predicted octanol–water partition coefficient (Wildman–Crippen LogP) is 15.7. The van der Waals surface area contributed by atoms with E-state index in [-0.39, 0.29) is 0 Å². The number of hydrogen-bond donors (Lipinski definition) is 0. The summed E-state index contributed by atoms with van der Waals surface area (Å²) in [5, 5.41) is 4.36. The van der Waals surface area contributed by atoms with E-state index in [1.807, 2.05) is 6.07 Å². The summed E-state index contributed by atoms with van der Waals surface area (Å²) < 4.78 is 13.4. The molecule has 0 spiro atoms. The second-order valence-electron chi connectivity index (χ2n) is 14.7. The van der Waals surface area contributed by atoms with Gasteiger partial charge >= 0.3 is 0 Å². The Morgan fingerprint density at radius 2 is 1.04 bits per heavy atom. The van der Waals surface area contributed by atoms with Crippen molar-refractivity contribution in [3.05, 3.63) is 206 Å². The summed E-state index contributed by atoms with van der Waals surface area (Å²) >= 11 is 0. The van der Waals surface area contributed by atoms with Gasteiger partial charge in [0.1, 0.15) is 22.3 Å². The van der Waals surface area contributed by atoms with Crippen LogP contribution in [-0.2, 0) is 0 Å². The highest BCUT2D eigenvalue weighted by Crippen LogP contribution is 2.47. The fraction of sp³-hybridized carbons (Fsp3) is 0.0370. The standard InChI is InChI=1S/C54H37NO2/c1-4-15-36(16-5-1)37-27-31-41(32-28-37)55(47-24-12-10-21-43(47)38-17-6-2-7-18-38)42-33-29-39(30-34-42)44-23-14-26-49-52(44)46-35-50-53(45-22-11-13-25-48(45)56-50)51(54(46)57-49)40-19-8-3-9-20-40/h1-2,4-8,10-35H,3,9H2. The average molecular weight is 732 g/mol. The molecule has 0 fully saturated rings. The van der Waals surface area contributed by atoms with Gasteiger partial charge in [-0.2, -0.15) is 0 Å². The number of benzene rings is 8. The molecule has 2 aromatic heterocycles. The minimum atomic E-state index is 0.863. The van der Waals surface area contributed by atoms with Crippen LogP contribution in [0.15, 0.2) is 209 Å². The Bertz CT molecular complexity index is 3150. The molecule has 1 aliphatic rings. The molecule has 0 radical (unpaired) electrons. The maximum atomic E-state index is 6.88. The Morgan fingerprint density at radius 3 is 1.79 bits per heavy atom. The number of allylic oxidation sites excluding steroid dienone is 4. The molecule has 0 amide bonds. The van der Waals surface area contributed by atoms with Crippen molar-refractivity contribution in [2.45, 2.75) is 12.8 Å². The molecule has 0 atom stereocenters. The molecule has 8 aromatic carbocycles. The fourth-order valence-electron chi connectivity index (χ4n) is 8.66. The number of anilines is 3. The van der Waals surface area contributed by atoms with Crippen molar-refractivity contribution in [2.24, 2.45) is 0 Å². The monoisotopic (exact) mass is 731 g/mol. The van der Waals surface area contributed by atoms with Gasteiger partial charge in [0.15, 0.2) is 0 Å². The highest BCUT2D eigenvalue weighted by Gasteiger charge is 2.24. The Morgan fingerprint density at radius 1 is 0.421 bits per heavy atom. The molecule has 0 aliphatic heterocycles. The van der Waals surface area contributed by atoms with Crippen molar-refractivity contribution in [2.75, 3.05) is 4.90 Å². The van der Waals surface area contributed by atoms with Gasteiger partial charge in [-0.15, -0.1) is 0 Å². The lowest BCUT2D eigenvalue weighted by Gasteiger charge is -2.28. The smallest absolute Gasteiger partial charge is 0.144 e. The summed E-state index contributed by atoms with van der Waals surface area (Å²) in [4.78, 5) is 2.37. The van der Waals surface area contributed by atoms with E-state index < -0.39 is 0 Å². The van der Waals surface area contributed by atoms with Crippen LogP contribution in [0.2, 0.25) is 0 Å². The molecule has 3 nitrogen and oxygen atoms in total. The van der Waals surface area contributed by atoms with E-state index in [0.717, 1.165) is 90.5 Å². The van der Waals surface area contributed by atoms with Gasteiger partial charge in [0.2, 0.25) is 0 Å². The van der Waals surface area contributed by atoms with E-state index in [9.17, 15) is 0 Å². The van der Waals surface area contributed by atoms with Gasteiger partial charge in [-0.25, -0.2) is 0 Å². The van der Waals surface area contributed by atoms with Gasteiger partial charge < -0.3 is 13.7 Å². The third-order valence-electron chi connectivity index (χ3n) is 11.3. The lowest BCUT2D eigenvalue weighted by molar-refractivity contribution is 0.663. The Kier molecular flexibility index (Phi) is 7.96. The van der Waals surface area contributed by atoms with Crippen LogP contribution in [0.3, 0.4) is 0 Å². The van der Waals surface area contributed by atoms with E-state index >= 15 is 0 Å². The highest BCUT2D eigenvalue weighted by atomic mass is 16.3. The van der Waals surface area contributed by atoms with Crippen LogP contribution >= 0.6 is 0 Å². The highest BCUT2D eigenvalue weighted by molar-refractivity contribution is 6.23. The number of rotatable bonds is 7.